The van der Waals surface area contributed by atoms with Gasteiger partial charge in [0.25, 0.3) is 0 Å². The van der Waals surface area contributed by atoms with Crippen LogP contribution in [0.15, 0.2) is 48.5 Å². The quantitative estimate of drug-likeness (QED) is 0.886. The van der Waals surface area contributed by atoms with Crippen molar-refractivity contribution in [2.45, 2.75) is 31.3 Å². The van der Waals surface area contributed by atoms with E-state index in [0.29, 0.717) is 6.04 Å². The van der Waals surface area contributed by atoms with Crippen LogP contribution in [0.3, 0.4) is 0 Å². The van der Waals surface area contributed by atoms with Crippen LogP contribution in [0.1, 0.15) is 35.6 Å². The molecular weight excluding hydrogens is 244 g/mol. The Morgan fingerprint density at radius 3 is 2.55 bits per heavy atom. The van der Waals surface area contributed by atoms with E-state index in [1.165, 1.54) is 35.2 Å². The van der Waals surface area contributed by atoms with Crippen LogP contribution in [0.2, 0.25) is 0 Å². The first-order chi connectivity index (χ1) is 9.90. The van der Waals surface area contributed by atoms with Gasteiger partial charge in [-0.05, 0) is 42.0 Å². The number of rotatable bonds is 3. The van der Waals surface area contributed by atoms with Crippen molar-refractivity contribution in [3.8, 4) is 0 Å². The van der Waals surface area contributed by atoms with Crippen molar-refractivity contribution >= 4 is 5.69 Å². The van der Waals surface area contributed by atoms with Crippen molar-refractivity contribution in [1.82, 2.24) is 5.32 Å². The average molecular weight is 264 g/mol. The van der Waals surface area contributed by atoms with E-state index in [1.54, 1.807) is 0 Å². The molecule has 1 aliphatic carbocycles. The van der Waals surface area contributed by atoms with E-state index in [1.807, 2.05) is 0 Å². The summed E-state index contributed by atoms with van der Waals surface area (Å²) in [6.07, 6.45) is 3.70. The first-order valence-electron chi connectivity index (χ1n) is 7.56. The molecule has 2 aromatic carbocycles. The lowest BCUT2D eigenvalue weighted by Gasteiger charge is -2.21. The van der Waals surface area contributed by atoms with Gasteiger partial charge in [0.15, 0.2) is 0 Å². The van der Waals surface area contributed by atoms with Gasteiger partial charge in [-0.3, -0.25) is 0 Å². The van der Waals surface area contributed by atoms with Crippen molar-refractivity contribution in [2.24, 2.45) is 0 Å². The summed E-state index contributed by atoms with van der Waals surface area (Å²) in [5, 5.41) is 7.40. The summed E-state index contributed by atoms with van der Waals surface area (Å²) < 4.78 is 0. The Balaban J connectivity index is 1.69. The minimum Gasteiger partial charge on any atom is -0.377 e. The second kappa shape index (κ2) is 4.95. The zero-order valence-corrected chi connectivity index (χ0v) is 11.6. The van der Waals surface area contributed by atoms with Crippen molar-refractivity contribution < 1.29 is 0 Å². The molecule has 4 rings (SSSR count). The molecule has 2 nitrogen and oxygen atoms in total. The van der Waals surface area contributed by atoms with E-state index >= 15 is 0 Å². The van der Waals surface area contributed by atoms with Gasteiger partial charge in [0.05, 0.1) is 6.04 Å². The van der Waals surface area contributed by atoms with Crippen LogP contribution in [0.4, 0.5) is 5.69 Å². The number of nitrogens with one attached hydrogen (secondary N) is 2. The molecule has 0 spiro atoms. The summed E-state index contributed by atoms with van der Waals surface area (Å²) in [4.78, 5) is 0. The number of hydrogen-bond acceptors (Lipinski definition) is 2. The zero-order valence-electron chi connectivity index (χ0n) is 11.6. The van der Waals surface area contributed by atoms with E-state index < -0.39 is 0 Å². The first-order valence-corrected chi connectivity index (χ1v) is 7.56. The van der Waals surface area contributed by atoms with Crippen LogP contribution in [0.5, 0.6) is 0 Å². The highest BCUT2D eigenvalue weighted by Gasteiger charge is 2.25. The SMILES string of the molecule is c1ccc2c(c1)Cc1ccccc1C(CNC1CC1)N2. The fourth-order valence-corrected chi connectivity index (χ4v) is 3.05. The average Bonchev–Trinajstić information content (AvgIpc) is 3.31. The third-order valence-electron chi connectivity index (χ3n) is 4.35. The highest BCUT2D eigenvalue weighted by Crippen LogP contribution is 2.32. The lowest BCUT2D eigenvalue weighted by atomic mass is 9.97. The smallest absolute Gasteiger partial charge is 0.0641 e. The van der Waals surface area contributed by atoms with E-state index in [4.69, 9.17) is 0 Å². The number of anilines is 1. The number of para-hydroxylation sites is 1. The molecule has 1 heterocycles. The standard InChI is InChI=1S/C18H20N2/c1-3-7-16-13(5-1)11-14-6-2-4-8-17(14)20-18(16)12-19-15-9-10-15/h1-8,15,18-20H,9-12H2. The van der Waals surface area contributed by atoms with Crippen molar-refractivity contribution in [1.29, 1.82) is 0 Å². The summed E-state index contributed by atoms with van der Waals surface area (Å²) in [5.41, 5.74) is 5.57. The maximum Gasteiger partial charge on any atom is 0.0641 e. The van der Waals surface area contributed by atoms with E-state index in [2.05, 4.69) is 59.2 Å². The molecule has 2 N–H and O–H groups in total. The number of benzene rings is 2. The van der Waals surface area contributed by atoms with Crippen LogP contribution in [-0.2, 0) is 6.42 Å². The predicted molar refractivity (Wildman–Crippen MR) is 83.1 cm³/mol. The molecule has 0 amide bonds. The molecule has 1 saturated carbocycles. The molecule has 1 unspecified atom stereocenters. The third-order valence-corrected chi connectivity index (χ3v) is 4.35. The minimum absolute atomic E-state index is 0.371. The van der Waals surface area contributed by atoms with Gasteiger partial charge in [-0.1, -0.05) is 42.5 Å². The molecule has 102 valence electrons. The summed E-state index contributed by atoms with van der Waals surface area (Å²) in [6.45, 7) is 1.01. The molecule has 1 aliphatic heterocycles. The van der Waals surface area contributed by atoms with Crippen molar-refractivity contribution in [2.75, 3.05) is 11.9 Å². The van der Waals surface area contributed by atoms with E-state index in [9.17, 15) is 0 Å². The highest BCUT2D eigenvalue weighted by atomic mass is 15.0. The topological polar surface area (TPSA) is 24.1 Å². The number of hydrogen-bond donors (Lipinski definition) is 2. The van der Waals surface area contributed by atoms with Gasteiger partial charge >= 0.3 is 0 Å². The van der Waals surface area contributed by atoms with Crippen LogP contribution in [0.25, 0.3) is 0 Å². The Kier molecular flexibility index (Phi) is 2.96. The van der Waals surface area contributed by atoms with Crippen molar-refractivity contribution in [3.05, 3.63) is 65.2 Å². The maximum absolute atomic E-state index is 3.74. The van der Waals surface area contributed by atoms with Gasteiger partial charge < -0.3 is 10.6 Å². The molecule has 2 aromatic rings. The van der Waals surface area contributed by atoms with Crippen LogP contribution in [0, 0.1) is 0 Å². The van der Waals surface area contributed by atoms with Gasteiger partial charge in [0.1, 0.15) is 0 Å². The van der Waals surface area contributed by atoms with Gasteiger partial charge in [0, 0.05) is 18.3 Å². The molecule has 2 aliphatic rings. The second-order valence-electron chi connectivity index (χ2n) is 5.91. The van der Waals surface area contributed by atoms with Gasteiger partial charge in [-0.2, -0.15) is 0 Å². The molecular formula is C18H20N2. The maximum atomic E-state index is 3.74. The van der Waals surface area contributed by atoms with Crippen LogP contribution >= 0.6 is 0 Å². The Bertz CT molecular complexity index is 616. The van der Waals surface area contributed by atoms with Crippen LogP contribution in [-0.4, -0.2) is 12.6 Å². The second-order valence-corrected chi connectivity index (χ2v) is 5.91. The lowest BCUT2D eigenvalue weighted by molar-refractivity contribution is 0.619. The Morgan fingerprint density at radius 2 is 1.70 bits per heavy atom. The minimum atomic E-state index is 0.371. The molecule has 20 heavy (non-hydrogen) atoms. The largest absolute Gasteiger partial charge is 0.377 e. The zero-order chi connectivity index (χ0) is 13.4. The molecule has 0 aromatic heterocycles. The lowest BCUT2D eigenvalue weighted by Crippen LogP contribution is -2.28. The fourth-order valence-electron chi connectivity index (χ4n) is 3.05. The first kappa shape index (κ1) is 12.0. The highest BCUT2D eigenvalue weighted by molar-refractivity contribution is 5.57. The summed E-state index contributed by atoms with van der Waals surface area (Å²) in [7, 11) is 0. The normalized spacial score (nSPS) is 20.5. The summed E-state index contributed by atoms with van der Waals surface area (Å²) in [6, 6.07) is 18.6. The Morgan fingerprint density at radius 1 is 0.950 bits per heavy atom. The molecule has 1 atom stereocenters. The van der Waals surface area contributed by atoms with Gasteiger partial charge in [-0.15, -0.1) is 0 Å². The summed E-state index contributed by atoms with van der Waals surface area (Å²) in [5.74, 6) is 0. The number of fused-ring (bicyclic) bond motifs is 2. The van der Waals surface area contributed by atoms with Crippen molar-refractivity contribution in [3.63, 3.8) is 0 Å². The van der Waals surface area contributed by atoms with Crippen LogP contribution < -0.4 is 10.6 Å². The monoisotopic (exact) mass is 264 g/mol. The van der Waals surface area contributed by atoms with E-state index in [0.717, 1.165) is 19.0 Å². The fraction of sp³-hybridized carbons (Fsp3) is 0.333. The molecule has 0 saturated heterocycles. The Labute approximate surface area is 120 Å². The molecule has 0 radical (unpaired) electrons. The summed E-state index contributed by atoms with van der Waals surface area (Å²) >= 11 is 0. The third kappa shape index (κ3) is 2.32. The molecule has 0 bridgehead atoms. The predicted octanol–water partition coefficient (Wildman–Crippen LogP) is 3.50. The molecule has 2 heteroatoms. The van der Waals surface area contributed by atoms with Gasteiger partial charge in [0.2, 0.25) is 0 Å². The van der Waals surface area contributed by atoms with E-state index in [-0.39, 0.29) is 0 Å². The molecule has 1 fully saturated rings. The Hall–Kier alpha value is -1.80. The van der Waals surface area contributed by atoms with Gasteiger partial charge in [-0.25, -0.2) is 0 Å².